The molecule has 1 saturated carbocycles. The van der Waals surface area contributed by atoms with Crippen molar-refractivity contribution in [3.8, 4) is 0 Å². The standard InChI is InChI=1S/C38H51ClN6O6/c1-44(2)32-15-7-28(8-16-32)25-33-38(49)45(34(43-33)17-9-29-10-18-35(46)41-26-29)27-36(47)42-31-13-11-30(12-14-31)37(48)40-20-22-51-24-23-50-21-6-4-3-5-19-39/h7-10,15-18,25-26,30-31H,3-6,11-14,19-24,27H2,1-2H3,(H,40,48)(H,41,46)(H,42,47)/b17-9+,33-25+. The number of nitrogens with zero attached hydrogens (tertiary/aromatic N) is 3. The number of aliphatic imine (C=N–C) groups is 1. The lowest BCUT2D eigenvalue weighted by Crippen LogP contribution is -2.46. The van der Waals surface area contributed by atoms with Crippen LogP contribution in [0.4, 0.5) is 5.69 Å². The summed E-state index contributed by atoms with van der Waals surface area (Å²) in [6.07, 6.45) is 13.6. The Balaban J connectivity index is 1.22. The summed E-state index contributed by atoms with van der Waals surface area (Å²) in [5, 5.41) is 6.02. The second-order valence-corrected chi connectivity index (χ2v) is 13.3. The molecule has 13 heteroatoms. The van der Waals surface area contributed by atoms with Gasteiger partial charge in [-0.2, -0.15) is 0 Å². The highest BCUT2D eigenvalue weighted by Gasteiger charge is 2.32. The van der Waals surface area contributed by atoms with E-state index in [2.05, 4.69) is 20.6 Å². The minimum Gasteiger partial charge on any atom is -0.379 e. The molecule has 0 unspecified atom stereocenters. The Morgan fingerprint density at radius 2 is 1.63 bits per heavy atom. The fourth-order valence-electron chi connectivity index (χ4n) is 5.85. The molecule has 3 N–H and O–H groups in total. The van der Waals surface area contributed by atoms with Gasteiger partial charge in [-0.15, -0.1) is 11.6 Å². The molecule has 1 aromatic carbocycles. The molecule has 1 aliphatic carbocycles. The average Bonchev–Trinajstić information content (AvgIpc) is 3.41. The topological polar surface area (TPSA) is 145 Å². The number of carbonyl (C=O) groups excluding carboxylic acids is 3. The smallest absolute Gasteiger partial charge is 0.278 e. The van der Waals surface area contributed by atoms with Crippen molar-refractivity contribution in [1.82, 2.24) is 20.5 Å². The Hall–Kier alpha value is -4.26. The minimum absolute atomic E-state index is 0.00467. The van der Waals surface area contributed by atoms with Crippen LogP contribution in [0, 0.1) is 5.92 Å². The third kappa shape index (κ3) is 13.4. The number of amides is 3. The molecule has 0 bridgehead atoms. The number of hydrogen-bond acceptors (Lipinski definition) is 8. The van der Waals surface area contributed by atoms with E-state index in [0.29, 0.717) is 69.3 Å². The number of pyridine rings is 1. The SMILES string of the molecule is CN(C)c1ccc(/C=C2N=C(/C=C/c3ccc(=O)[nH]c3)N(CC(=O)NC3CCC(C(=O)NCCOCCOCCCCCCCl)CC3)C/2=O)cc1. The largest absolute Gasteiger partial charge is 0.379 e. The number of H-pyrrole nitrogens is 1. The van der Waals surface area contributed by atoms with E-state index in [1.807, 2.05) is 43.3 Å². The van der Waals surface area contributed by atoms with Crippen LogP contribution in [0.3, 0.4) is 0 Å². The molecule has 12 nitrogen and oxygen atoms in total. The number of aromatic amines is 1. The van der Waals surface area contributed by atoms with Gasteiger partial charge < -0.3 is 30.0 Å². The summed E-state index contributed by atoms with van der Waals surface area (Å²) in [6, 6.07) is 10.7. The van der Waals surface area contributed by atoms with Crippen LogP contribution in [0.25, 0.3) is 12.2 Å². The van der Waals surface area contributed by atoms with Gasteiger partial charge in [0.25, 0.3) is 5.91 Å². The van der Waals surface area contributed by atoms with Crippen LogP contribution in [0.5, 0.6) is 0 Å². The number of anilines is 1. The lowest BCUT2D eigenvalue weighted by Gasteiger charge is -2.29. The van der Waals surface area contributed by atoms with Crippen LogP contribution in [0.15, 0.2) is 64.2 Å². The van der Waals surface area contributed by atoms with Gasteiger partial charge >= 0.3 is 0 Å². The van der Waals surface area contributed by atoms with Gasteiger partial charge in [-0.3, -0.25) is 24.1 Å². The van der Waals surface area contributed by atoms with Crippen LogP contribution in [0.1, 0.15) is 62.5 Å². The minimum atomic E-state index is -0.381. The number of carbonyl (C=O) groups is 3. The van der Waals surface area contributed by atoms with E-state index in [4.69, 9.17) is 21.1 Å². The lowest BCUT2D eigenvalue weighted by molar-refractivity contribution is -0.129. The van der Waals surface area contributed by atoms with E-state index in [1.165, 1.54) is 11.0 Å². The number of ether oxygens (including phenoxy) is 2. The second kappa shape index (κ2) is 21.2. The van der Waals surface area contributed by atoms with Gasteiger partial charge in [-0.05, 0) is 86.1 Å². The molecule has 2 aromatic rings. The first kappa shape index (κ1) is 39.5. The molecule has 0 atom stereocenters. The fourth-order valence-corrected chi connectivity index (χ4v) is 6.04. The van der Waals surface area contributed by atoms with Crippen molar-refractivity contribution in [3.63, 3.8) is 0 Å². The average molecular weight is 723 g/mol. The molecule has 0 radical (unpaired) electrons. The third-order valence-electron chi connectivity index (χ3n) is 8.78. The Bertz CT molecular complexity index is 1560. The molecule has 2 aliphatic rings. The number of amidine groups is 1. The quantitative estimate of drug-likeness (QED) is 0.105. The van der Waals surface area contributed by atoms with Gasteiger partial charge in [0, 0.05) is 63.0 Å². The van der Waals surface area contributed by atoms with Crippen molar-refractivity contribution in [2.45, 2.75) is 57.4 Å². The van der Waals surface area contributed by atoms with E-state index in [1.54, 1.807) is 30.5 Å². The number of nitrogens with one attached hydrogen (secondary N) is 3. The molecule has 0 saturated heterocycles. The number of hydrogen-bond donors (Lipinski definition) is 3. The number of halogens is 1. The van der Waals surface area contributed by atoms with Gasteiger partial charge in [0.1, 0.15) is 18.1 Å². The van der Waals surface area contributed by atoms with E-state index in [9.17, 15) is 19.2 Å². The molecular formula is C38H51ClN6O6. The zero-order valence-corrected chi connectivity index (χ0v) is 30.5. The predicted octanol–water partition coefficient (Wildman–Crippen LogP) is 4.36. The highest BCUT2D eigenvalue weighted by atomic mass is 35.5. The summed E-state index contributed by atoms with van der Waals surface area (Å²) >= 11 is 5.68. The van der Waals surface area contributed by atoms with Crippen LogP contribution in [-0.2, 0) is 23.9 Å². The maximum atomic E-state index is 13.5. The van der Waals surface area contributed by atoms with E-state index in [-0.39, 0.29) is 47.5 Å². The molecule has 51 heavy (non-hydrogen) atoms. The monoisotopic (exact) mass is 722 g/mol. The molecule has 1 fully saturated rings. The van der Waals surface area contributed by atoms with Crippen LogP contribution < -0.4 is 21.1 Å². The Labute approximate surface area is 305 Å². The van der Waals surface area contributed by atoms with Crippen molar-refractivity contribution < 1.29 is 23.9 Å². The predicted molar refractivity (Wildman–Crippen MR) is 202 cm³/mol. The van der Waals surface area contributed by atoms with Crippen molar-refractivity contribution in [2.24, 2.45) is 10.9 Å². The molecular weight excluding hydrogens is 672 g/mol. The molecule has 1 aliphatic heterocycles. The van der Waals surface area contributed by atoms with Crippen LogP contribution >= 0.6 is 11.6 Å². The maximum Gasteiger partial charge on any atom is 0.278 e. The first-order chi connectivity index (χ1) is 24.7. The first-order valence-corrected chi connectivity index (χ1v) is 18.3. The van der Waals surface area contributed by atoms with Crippen molar-refractivity contribution >= 4 is 53.0 Å². The van der Waals surface area contributed by atoms with Gasteiger partial charge in [0.15, 0.2) is 0 Å². The first-order valence-electron chi connectivity index (χ1n) is 17.8. The fraction of sp³-hybridized carbons (Fsp3) is 0.500. The zero-order chi connectivity index (χ0) is 36.4. The maximum absolute atomic E-state index is 13.5. The molecule has 0 spiro atoms. The summed E-state index contributed by atoms with van der Waals surface area (Å²) in [7, 11) is 3.91. The number of aromatic nitrogens is 1. The third-order valence-corrected chi connectivity index (χ3v) is 9.04. The number of unbranched alkanes of at least 4 members (excludes halogenated alkanes) is 3. The van der Waals surface area contributed by atoms with E-state index < -0.39 is 0 Å². The summed E-state index contributed by atoms with van der Waals surface area (Å²) in [5.41, 5.74) is 2.54. The van der Waals surface area contributed by atoms with E-state index >= 15 is 0 Å². The Kier molecular flexibility index (Phi) is 16.4. The van der Waals surface area contributed by atoms with Crippen LogP contribution in [0.2, 0.25) is 0 Å². The molecule has 2 heterocycles. The van der Waals surface area contributed by atoms with Crippen molar-refractivity contribution in [1.29, 1.82) is 0 Å². The Morgan fingerprint density at radius 1 is 0.922 bits per heavy atom. The summed E-state index contributed by atoms with van der Waals surface area (Å²) in [5.74, 6) is 0.241. The highest BCUT2D eigenvalue weighted by molar-refractivity contribution is 6.19. The number of rotatable bonds is 20. The van der Waals surface area contributed by atoms with Gasteiger partial charge in [0.05, 0.1) is 19.8 Å². The van der Waals surface area contributed by atoms with Crippen molar-refractivity contribution in [3.05, 3.63) is 75.8 Å². The lowest BCUT2D eigenvalue weighted by atomic mass is 9.85. The molecule has 1 aromatic heterocycles. The molecule has 3 amide bonds. The highest BCUT2D eigenvalue weighted by Crippen LogP contribution is 2.25. The summed E-state index contributed by atoms with van der Waals surface area (Å²) < 4.78 is 11.1. The molecule has 276 valence electrons. The summed E-state index contributed by atoms with van der Waals surface area (Å²) in [4.78, 5) is 61.5. The van der Waals surface area contributed by atoms with Crippen molar-refractivity contribution in [2.75, 3.05) is 64.4 Å². The Morgan fingerprint density at radius 3 is 2.31 bits per heavy atom. The number of benzene rings is 1. The second-order valence-electron chi connectivity index (χ2n) is 12.9. The van der Waals surface area contributed by atoms with E-state index in [0.717, 1.165) is 43.5 Å². The summed E-state index contributed by atoms with van der Waals surface area (Å²) in [6.45, 7) is 2.42. The van der Waals surface area contributed by atoms with Crippen LogP contribution in [-0.4, -0.2) is 99.0 Å². The van der Waals surface area contributed by atoms with Gasteiger partial charge in [0.2, 0.25) is 17.4 Å². The van der Waals surface area contributed by atoms with Gasteiger partial charge in [-0.25, -0.2) is 4.99 Å². The molecule has 4 rings (SSSR count). The number of alkyl halides is 1. The zero-order valence-electron chi connectivity index (χ0n) is 29.7. The normalized spacial score (nSPS) is 18.3. The van der Waals surface area contributed by atoms with Gasteiger partial charge in [-0.1, -0.05) is 25.0 Å².